The van der Waals surface area contributed by atoms with Crippen LogP contribution in [-0.4, -0.2) is 18.3 Å². The number of thiazole rings is 1. The van der Waals surface area contributed by atoms with Crippen LogP contribution >= 0.6 is 34.5 Å². The van der Waals surface area contributed by atoms with E-state index in [9.17, 15) is 18.5 Å². The molecule has 0 aliphatic rings. The van der Waals surface area contributed by atoms with Gasteiger partial charge in [-0.2, -0.15) is 0 Å². The Balaban J connectivity index is 2.35. The monoisotopic (exact) mass is 367 g/mol. The minimum absolute atomic E-state index is 0.0259. The molecule has 1 aromatic carbocycles. The number of nitrogens with zero attached hydrogens (tertiary/aromatic N) is 2. The number of sulfonamides is 1. The first kappa shape index (κ1) is 16.0. The third-order valence-electron chi connectivity index (χ3n) is 2.37. The number of hydrogen-bond acceptors (Lipinski definition) is 6. The zero-order valence-electron chi connectivity index (χ0n) is 10.3. The van der Waals surface area contributed by atoms with Crippen molar-refractivity contribution < 1.29 is 13.3 Å². The second kappa shape index (κ2) is 5.76. The summed E-state index contributed by atoms with van der Waals surface area (Å²) in [6.07, 6.45) is 0. The van der Waals surface area contributed by atoms with Crippen LogP contribution in [0.5, 0.6) is 0 Å². The van der Waals surface area contributed by atoms with E-state index in [0.29, 0.717) is 0 Å². The van der Waals surface area contributed by atoms with Crippen LogP contribution in [0.25, 0.3) is 0 Å². The number of nitro benzene ring substituents is 1. The predicted octanol–water partition coefficient (Wildman–Crippen LogP) is 3.47. The first-order valence-electron chi connectivity index (χ1n) is 5.30. The van der Waals surface area contributed by atoms with Crippen molar-refractivity contribution in [2.75, 3.05) is 4.72 Å². The van der Waals surface area contributed by atoms with Gasteiger partial charge in [-0.1, -0.05) is 34.5 Å². The van der Waals surface area contributed by atoms with Gasteiger partial charge >= 0.3 is 0 Å². The van der Waals surface area contributed by atoms with Crippen LogP contribution in [-0.2, 0) is 10.0 Å². The Kier molecular flexibility index (Phi) is 4.38. The average molecular weight is 368 g/mol. The smallest absolute Gasteiger partial charge is 0.279 e. The van der Waals surface area contributed by atoms with Crippen molar-refractivity contribution in [3.05, 3.63) is 43.5 Å². The molecule has 0 unspecified atom stereocenters. The van der Waals surface area contributed by atoms with E-state index < -0.39 is 14.9 Å². The van der Waals surface area contributed by atoms with Crippen LogP contribution in [0.2, 0.25) is 9.49 Å². The number of aryl methyl sites for hydroxylation is 1. The highest BCUT2D eigenvalue weighted by atomic mass is 35.5. The van der Waals surface area contributed by atoms with Crippen LogP contribution in [0.15, 0.2) is 22.4 Å². The predicted molar refractivity (Wildman–Crippen MR) is 80.8 cm³/mol. The number of aromatic nitrogens is 1. The molecule has 7 nitrogen and oxygen atoms in total. The van der Waals surface area contributed by atoms with Gasteiger partial charge in [0, 0.05) is 6.07 Å². The first-order valence-corrected chi connectivity index (χ1v) is 8.36. The summed E-state index contributed by atoms with van der Waals surface area (Å²) >= 11 is 12.2. The van der Waals surface area contributed by atoms with Gasteiger partial charge in [-0.3, -0.25) is 14.8 Å². The van der Waals surface area contributed by atoms with Crippen molar-refractivity contribution in [2.45, 2.75) is 11.1 Å². The molecular weight excluding hydrogens is 361 g/mol. The van der Waals surface area contributed by atoms with Crippen molar-refractivity contribution in [3.63, 3.8) is 0 Å². The molecule has 0 fully saturated rings. The highest BCUT2D eigenvalue weighted by Crippen LogP contribution is 2.31. The summed E-state index contributed by atoms with van der Waals surface area (Å²) in [6.45, 7) is 1.51. The van der Waals surface area contributed by atoms with Crippen LogP contribution in [0.1, 0.15) is 5.69 Å². The second-order valence-corrected chi connectivity index (χ2v) is 7.73. The molecule has 0 aliphatic carbocycles. The lowest BCUT2D eigenvalue weighted by Gasteiger charge is -2.07. The topological polar surface area (TPSA) is 102 Å². The van der Waals surface area contributed by atoms with Gasteiger partial charge in [-0.05, 0) is 19.1 Å². The van der Waals surface area contributed by atoms with E-state index in [-0.39, 0.29) is 30.8 Å². The lowest BCUT2D eigenvalue weighted by Crippen LogP contribution is -2.12. The number of nitrogens with one attached hydrogen (secondary N) is 1. The number of nitro groups is 1. The van der Waals surface area contributed by atoms with Gasteiger partial charge in [0.05, 0.1) is 16.3 Å². The van der Waals surface area contributed by atoms with E-state index in [1.54, 1.807) is 0 Å². The van der Waals surface area contributed by atoms with Gasteiger partial charge < -0.3 is 0 Å². The Bertz CT molecular complexity index is 820. The molecule has 0 saturated carbocycles. The Morgan fingerprint density at radius 3 is 2.52 bits per heavy atom. The summed E-state index contributed by atoms with van der Waals surface area (Å²) in [6, 6.07) is 3.53. The molecule has 2 rings (SSSR count). The van der Waals surface area contributed by atoms with Crippen molar-refractivity contribution in [3.8, 4) is 0 Å². The summed E-state index contributed by atoms with van der Waals surface area (Å²) < 4.78 is 26.7. The van der Waals surface area contributed by atoms with E-state index in [1.807, 2.05) is 0 Å². The number of hydrogen-bond donors (Lipinski definition) is 1. The summed E-state index contributed by atoms with van der Waals surface area (Å²) in [4.78, 5) is 13.8. The summed E-state index contributed by atoms with van der Waals surface area (Å²) in [5.41, 5.74) is 0.0664. The van der Waals surface area contributed by atoms with Crippen molar-refractivity contribution in [2.24, 2.45) is 0 Å². The number of anilines is 1. The zero-order valence-corrected chi connectivity index (χ0v) is 13.5. The van der Waals surface area contributed by atoms with E-state index >= 15 is 0 Å². The van der Waals surface area contributed by atoms with E-state index in [2.05, 4.69) is 9.71 Å². The molecule has 0 saturated heterocycles. The lowest BCUT2D eigenvalue weighted by molar-refractivity contribution is -0.384. The fraction of sp³-hybridized carbons (Fsp3) is 0.100. The lowest BCUT2D eigenvalue weighted by atomic mass is 10.3. The fourth-order valence-electron chi connectivity index (χ4n) is 1.52. The molecule has 1 aromatic heterocycles. The molecule has 0 radical (unpaired) electrons. The highest BCUT2D eigenvalue weighted by Gasteiger charge is 2.22. The molecule has 1 N–H and O–H groups in total. The molecule has 0 amide bonds. The van der Waals surface area contributed by atoms with E-state index in [1.165, 1.54) is 13.0 Å². The van der Waals surface area contributed by atoms with Gasteiger partial charge in [0.15, 0.2) is 8.68 Å². The molecule has 1 heterocycles. The molecule has 0 aliphatic heterocycles. The Labute approximate surface area is 133 Å². The maximum atomic E-state index is 12.2. The van der Waals surface area contributed by atoms with Crippen LogP contribution in [0.3, 0.4) is 0 Å². The number of rotatable bonds is 4. The number of halogens is 2. The van der Waals surface area contributed by atoms with E-state index in [4.69, 9.17) is 23.2 Å². The molecule has 0 atom stereocenters. The maximum absolute atomic E-state index is 12.2. The fourth-order valence-corrected chi connectivity index (χ4v) is 4.56. The van der Waals surface area contributed by atoms with Crippen LogP contribution in [0, 0.1) is 17.0 Å². The third-order valence-corrected chi connectivity index (χ3v) is 5.92. The first-order chi connectivity index (χ1) is 9.70. The highest BCUT2D eigenvalue weighted by molar-refractivity contribution is 7.94. The van der Waals surface area contributed by atoms with Crippen LogP contribution in [0.4, 0.5) is 11.4 Å². The summed E-state index contributed by atoms with van der Waals surface area (Å²) in [5.74, 6) is 0. The van der Waals surface area contributed by atoms with E-state index in [0.717, 1.165) is 23.5 Å². The van der Waals surface area contributed by atoms with Gasteiger partial charge in [0.1, 0.15) is 5.02 Å². The normalized spacial score (nSPS) is 11.4. The maximum Gasteiger partial charge on any atom is 0.288 e. The Hall–Kier alpha value is -1.42. The van der Waals surface area contributed by atoms with Gasteiger partial charge in [-0.15, -0.1) is 0 Å². The van der Waals surface area contributed by atoms with Gasteiger partial charge in [-0.25, -0.2) is 13.4 Å². The minimum atomic E-state index is -3.88. The Morgan fingerprint density at radius 2 is 2.05 bits per heavy atom. The molecule has 112 valence electrons. The molecule has 0 bridgehead atoms. The van der Waals surface area contributed by atoms with Gasteiger partial charge in [0.25, 0.3) is 15.7 Å². The molecular formula is C10H7Cl2N3O4S2. The van der Waals surface area contributed by atoms with Crippen molar-refractivity contribution >= 4 is 55.9 Å². The second-order valence-electron chi connectivity index (χ2n) is 3.87. The number of benzene rings is 1. The van der Waals surface area contributed by atoms with Crippen LogP contribution < -0.4 is 4.72 Å². The minimum Gasteiger partial charge on any atom is -0.279 e. The quantitative estimate of drug-likeness (QED) is 0.658. The summed E-state index contributed by atoms with van der Waals surface area (Å²) in [7, 11) is -3.88. The molecule has 21 heavy (non-hydrogen) atoms. The van der Waals surface area contributed by atoms with Crippen molar-refractivity contribution in [1.82, 2.24) is 4.98 Å². The molecule has 0 spiro atoms. The average Bonchev–Trinajstić information content (AvgIpc) is 2.68. The SMILES string of the molecule is Cc1nc(Cl)sc1S(=O)(=O)Nc1ccc([N+](=O)[O-])c(Cl)c1. The molecule has 2 aromatic rings. The standard InChI is InChI=1S/C10H7Cl2N3O4S2/c1-5-9(20-10(12)13-5)21(18,19)14-6-2-3-8(15(16)17)7(11)4-6/h2-4,14H,1H3. The van der Waals surface area contributed by atoms with Gasteiger partial charge in [0.2, 0.25) is 0 Å². The van der Waals surface area contributed by atoms with Crippen molar-refractivity contribution in [1.29, 1.82) is 0 Å². The Morgan fingerprint density at radius 1 is 1.38 bits per heavy atom. The summed E-state index contributed by atoms with van der Waals surface area (Å²) in [5, 5.41) is 10.5. The third kappa shape index (κ3) is 3.43. The molecule has 11 heteroatoms. The zero-order chi connectivity index (χ0) is 15.8. The largest absolute Gasteiger partial charge is 0.288 e.